The van der Waals surface area contributed by atoms with Crippen LogP contribution in [0.3, 0.4) is 0 Å². The summed E-state index contributed by atoms with van der Waals surface area (Å²) in [5, 5.41) is 1.54. The summed E-state index contributed by atoms with van der Waals surface area (Å²) in [7, 11) is 2.65. The Morgan fingerprint density at radius 2 is 1.12 bits per heavy atom. The Bertz CT molecular complexity index is 920. The molecule has 0 aliphatic carbocycles. The van der Waals surface area contributed by atoms with Crippen LogP contribution in [0, 0.1) is 0 Å². The van der Waals surface area contributed by atoms with Crippen molar-refractivity contribution in [2.45, 2.75) is 39.5 Å². The Hall–Kier alpha value is -2.76. The van der Waals surface area contributed by atoms with Gasteiger partial charge in [0.25, 0.3) is 0 Å². The molecule has 0 fully saturated rings. The molecule has 1 aromatic carbocycles. The monoisotopic (exact) mass is 358 g/mol. The minimum absolute atomic E-state index is 0.0439. The van der Waals surface area contributed by atoms with Crippen molar-refractivity contribution in [2.24, 2.45) is 0 Å². The molecule has 6 heteroatoms. The molecule has 0 spiro atoms. The predicted molar refractivity (Wildman–Crippen MR) is 96.8 cm³/mol. The molecule has 0 N–H and O–H groups in total. The van der Waals surface area contributed by atoms with Gasteiger partial charge in [-0.1, -0.05) is 27.7 Å². The summed E-state index contributed by atoms with van der Waals surface area (Å²) in [6.45, 7) is 7.90. The highest BCUT2D eigenvalue weighted by Gasteiger charge is 2.27. The van der Waals surface area contributed by atoms with Crippen molar-refractivity contribution in [3.05, 3.63) is 34.8 Å². The number of methoxy groups -OCH3 is 2. The highest BCUT2D eigenvalue weighted by atomic mass is 16.5. The molecule has 138 valence electrons. The molecule has 0 saturated carbocycles. The number of rotatable bonds is 4. The van der Waals surface area contributed by atoms with E-state index in [9.17, 15) is 9.59 Å². The first-order valence-corrected chi connectivity index (χ1v) is 8.49. The van der Waals surface area contributed by atoms with Crippen LogP contribution in [0.2, 0.25) is 0 Å². The highest BCUT2D eigenvalue weighted by Crippen LogP contribution is 2.39. The van der Waals surface area contributed by atoms with Crippen LogP contribution in [0.5, 0.6) is 0 Å². The first-order valence-electron chi connectivity index (χ1n) is 8.49. The zero-order valence-electron chi connectivity index (χ0n) is 15.8. The zero-order chi connectivity index (χ0) is 19.2. The number of ether oxygens (including phenoxy) is 2. The molecule has 0 amide bonds. The number of hydrogen-bond acceptors (Lipinski definition) is 6. The van der Waals surface area contributed by atoms with Gasteiger partial charge in [0.15, 0.2) is 0 Å². The van der Waals surface area contributed by atoms with Gasteiger partial charge in [0.2, 0.25) is 11.5 Å². The lowest BCUT2D eigenvalue weighted by atomic mass is 9.96. The smallest absolute Gasteiger partial charge is 0.374 e. The number of esters is 2. The SMILES string of the molecule is COC(=O)c1oc2cc3c(C(C)C)c(C(=O)OC)oc3cc2c1C(C)C. The highest BCUT2D eigenvalue weighted by molar-refractivity contribution is 6.04. The Morgan fingerprint density at radius 3 is 1.38 bits per heavy atom. The van der Waals surface area contributed by atoms with Crippen LogP contribution < -0.4 is 0 Å². The van der Waals surface area contributed by atoms with E-state index >= 15 is 0 Å². The average Bonchev–Trinajstić information content (AvgIpc) is 3.15. The number of furan rings is 2. The van der Waals surface area contributed by atoms with E-state index in [1.165, 1.54) is 14.2 Å². The molecule has 3 aromatic rings. The van der Waals surface area contributed by atoms with E-state index < -0.39 is 11.9 Å². The lowest BCUT2D eigenvalue weighted by Crippen LogP contribution is -2.04. The van der Waals surface area contributed by atoms with Crippen molar-refractivity contribution < 1.29 is 27.9 Å². The van der Waals surface area contributed by atoms with Gasteiger partial charge in [-0.2, -0.15) is 0 Å². The average molecular weight is 358 g/mol. The van der Waals surface area contributed by atoms with E-state index in [0.29, 0.717) is 11.2 Å². The molecule has 0 aliphatic heterocycles. The summed E-state index contributed by atoms with van der Waals surface area (Å²) in [6, 6.07) is 3.63. The second-order valence-corrected chi connectivity index (χ2v) is 6.83. The van der Waals surface area contributed by atoms with Crippen molar-refractivity contribution in [3.63, 3.8) is 0 Å². The first-order chi connectivity index (χ1) is 12.3. The molecule has 3 rings (SSSR count). The van der Waals surface area contributed by atoms with Crippen LogP contribution in [0.25, 0.3) is 21.9 Å². The van der Waals surface area contributed by atoms with E-state index in [4.69, 9.17) is 18.3 Å². The number of carbonyl (C=O) groups excluding carboxylic acids is 2. The lowest BCUT2D eigenvalue weighted by molar-refractivity contribution is 0.0557. The fourth-order valence-corrected chi connectivity index (χ4v) is 3.36. The molecule has 0 aliphatic rings. The summed E-state index contributed by atoms with van der Waals surface area (Å²) in [5.41, 5.74) is 2.63. The van der Waals surface area contributed by atoms with E-state index in [0.717, 1.165) is 21.9 Å². The number of benzene rings is 1. The van der Waals surface area contributed by atoms with Crippen LogP contribution in [0.15, 0.2) is 21.0 Å². The van der Waals surface area contributed by atoms with Gasteiger partial charge in [-0.3, -0.25) is 0 Å². The first kappa shape index (κ1) is 18.0. The maximum Gasteiger partial charge on any atom is 0.374 e. The molecule has 0 bridgehead atoms. The Morgan fingerprint density at radius 1 is 0.769 bits per heavy atom. The Labute approximate surface area is 151 Å². The standard InChI is InChI=1S/C20H22O6/c1-9(2)15-11-7-14-12(8-13(11)25-17(15)19(21)23-5)16(10(3)4)18(26-14)20(22)24-6/h7-10H,1-6H3. The van der Waals surface area contributed by atoms with E-state index in [-0.39, 0.29) is 23.4 Å². The molecule has 0 radical (unpaired) electrons. The van der Waals surface area contributed by atoms with Crippen molar-refractivity contribution in [3.8, 4) is 0 Å². The number of carbonyl (C=O) groups is 2. The molecule has 6 nitrogen and oxygen atoms in total. The number of hydrogen-bond donors (Lipinski definition) is 0. The summed E-state index contributed by atoms with van der Waals surface area (Å²) >= 11 is 0. The lowest BCUT2D eigenvalue weighted by Gasteiger charge is -2.05. The second-order valence-electron chi connectivity index (χ2n) is 6.83. The topological polar surface area (TPSA) is 78.9 Å². The summed E-state index contributed by atoms with van der Waals surface area (Å²) < 4.78 is 21.3. The van der Waals surface area contributed by atoms with Crippen molar-refractivity contribution in [1.29, 1.82) is 0 Å². The predicted octanol–water partition coefficient (Wildman–Crippen LogP) is 5.00. The summed E-state index contributed by atoms with van der Waals surface area (Å²) in [5.74, 6) is -0.541. The molecule has 26 heavy (non-hydrogen) atoms. The van der Waals surface area contributed by atoms with Crippen LogP contribution in [0.4, 0.5) is 0 Å². The fourth-order valence-electron chi connectivity index (χ4n) is 3.36. The van der Waals surface area contributed by atoms with Crippen molar-refractivity contribution in [2.75, 3.05) is 14.2 Å². The third kappa shape index (κ3) is 2.66. The van der Waals surface area contributed by atoms with Gasteiger partial charge in [0, 0.05) is 21.9 Å². The van der Waals surface area contributed by atoms with Crippen LogP contribution in [-0.4, -0.2) is 26.2 Å². The van der Waals surface area contributed by atoms with Gasteiger partial charge in [-0.25, -0.2) is 9.59 Å². The Kier molecular flexibility index (Phi) is 4.52. The molecule has 0 unspecified atom stereocenters. The molecule has 0 saturated heterocycles. The van der Waals surface area contributed by atoms with Gasteiger partial charge >= 0.3 is 11.9 Å². The summed E-state index contributed by atoms with van der Waals surface area (Å²) in [6.07, 6.45) is 0. The van der Waals surface area contributed by atoms with Crippen molar-refractivity contribution in [1.82, 2.24) is 0 Å². The van der Waals surface area contributed by atoms with Gasteiger partial charge in [0.1, 0.15) is 11.2 Å². The van der Waals surface area contributed by atoms with Gasteiger partial charge < -0.3 is 18.3 Å². The molecular formula is C20H22O6. The number of fused-ring (bicyclic) bond motifs is 2. The van der Waals surface area contributed by atoms with Crippen LogP contribution in [-0.2, 0) is 9.47 Å². The van der Waals surface area contributed by atoms with Crippen LogP contribution in [0.1, 0.15) is 71.8 Å². The second kappa shape index (κ2) is 6.52. The van der Waals surface area contributed by atoms with E-state index in [2.05, 4.69) is 0 Å². The minimum atomic E-state index is -0.513. The largest absolute Gasteiger partial charge is 0.463 e. The maximum absolute atomic E-state index is 12.1. The molecular weight excluding hydrogens is 336 g/mol. The molecule has 2 aromatic heterocycles. The van der Waals surface area contributed by atoms with Crippen LogP contribution >= 0.6 is 0 Å². The molecule has 0 atom stereocenters. The van der Waals surface area contributed by atoms with Gasteiger partial charge in [-0.15, -0.1) is 0 Å². The van der Waals surface area contributed by atoms with E-state index in [1.807, 2.05) is 39.8 Å². The fraction of sp³-hybridized carbons (Fsp3) is 0.400. The van der Waals surface area contributed by atoms with Gasteiger partial charge in [0.05, 0.1) is 14.2 Å². The zero-order valence-corrected chi connectivity index (χ0v) is 15.8. The quantitative estimate of drug-likeness (QED) is 0.611. The van der Waals surface area contributed by atoms with E-state index in [1.54, 1.807) is 0 Å². The third-order valence-corrected chi connectivity index (χ3v) is 4.47. The van der Waals surface area contributed by atoms with Crippen molar-refractivity contribution >= 4 is 33.9 Å². The maximum atomic E-state index is 12.1. The van der Waals surface area contributed by atoms with Gasteiger partial charge in [-0.05, 0) is 24.0 Å². The minimum Gasteiger partial charge on any atom is -0.463 e. The molecule has 2 heterocycles. The third-order valence-electron chi connectivity index (χ3n) is 4.47. The normalized spacial score (nSPS) is 11.7. The Balaban J connectivity index is 2.38. The summed E-state index contributed by atoms with van der Waals surface area (Å²) in [4.78, 5) is 24.2.